The minimum Gasteiger partial charge on any atom is -0.471 e. The minimum atomic E-state index is -0.506. The van der Waals surface area contributed by atoms with E-state index in [4.69, 9.17) is 11.3 Å². The summed E-state index contributed by atoms with van der Waals surface area (Å²) in [6, 6.07) is 0. The molecule has 0 unspecified atom stereocenters. The van der Waals surface area contributed by atoms with Crippen molar-refractivity contribution in [2.75, 3.05) is 12.4 Å². The van der Waals surface area contributed by atoms with Gasteiger partial charge in [-0.3, -0.25) is 4.79 Å². The summed E-state index contributed by atoms with van der Waals surface area (Å²) in [4.78, 5) is 14.6. The Morgan fingerprint density at radius 2 is 1.55 bits per heavy atom. The van der Waals surface area contributed by atoms with Gasteiger partial charge in [0.05, 0.1) is 13.2 Å². The molecule has 0 aromatic rings. The first-order chi connectivity index (χ1) is 10.8. The molecule has 22 heavy (non-hydrogen) atoms. The first-order valence-electron chi connectivity index (χ1n) is 8.62. The molecule has 0 rings (SSSR count). The van der Waals surface area contributed by atoms with Crippen LogP contribution in [0.15, 0.2) is 11.1 Å². The molecule has 126 valence electrons. The molecular weight excluding hydrogens is 294 g/mol. The minimum absolute atomic E-state index is 0.0962. The standard InChI is InChI=1S/C18H31NO2S/c1-4-6-7-8-9-10-11-12-13-14-15-22-16-17(19-3)18(20)21-5-2/h16H,4-15H2,1-2H3/b17-16+. The van der Waals surface area contributed by atoms with Crippen LogP contribution in [0, 0.1) is 6.57 Å². The van der Waals surface area contributed by atoms with Crippen LogP contribution in [0.1, 0.15) is 78.1 Å². The van der Waals surface area contributed by atoms with E-state index in [0.717, 1.165) is 12.2 Å². The lowest BCUT2D eigenvalue weighted by molar-refractivity contribution is -0.138. The van der Waals surface area contributed by atoms with E-state index >= 15 is 0 Å². The average Bonchev–Trinajstić information content (AvgIpc) is 2.52. The van der Waals surface area contributed by atoms with Crippen LogP contribution in [0.5, 0.6) is 0 Å². The summed E-state index contributed by atoms with van der Waals surface area (Å²) >= 11 is 1.54. The smallest absolute Gasteiger partial charge is 0.336 e. The quantitative estimate of drug-likeness (QED) is 0.171. The lowest BCUT2D eigenvalue weighted by Gasteiger charge is -2.02. The van der Waals surface area contributed by atoms with Gasteiger partial charge in [0.1, 0.15) is 0 Å². The Balaban J connectivity index is 3.46. The Kier molecular flexibility index (Phi) is 15.7. The molecule has 3 nitrogen and oxygen atoms in total. The van der Waals surface area contributed by atoms with Gasteiger partial charge in [-0.15, -0.1) is 11.8 Å². The molecule has 0 aromatic heterocycles. The van der Waals surface area contributed by atoms with Crippen molar-refractivity contribution in [3.8, 4) is 0 Å². The third-order valence-corrected chi connectivity index (χ3v) is 4.33. The molecule has 0 saturated carbocycles. The van der Waals surface area contributed by atoms with Crippen molar-refractivity contribution in [3.63, 3.8) is 0 Å². The third kappa shape index (κ3) is 12.8. The molecule has 0 aliphatic rings. The van der Waals surface area contributed by atoms with Gasteiger partial charge in [-0.2, -0.15) is 0 Å². The first-order valence-corrected chi connectivity index (χ1v) is 9.67. The summed E-state index contributed by atoms with van der Waals surface area (Å²) in [5.41, 5.74) is 0.0962. The number of hydrogen-bond donors (Lipinski definition) is 0. The fraction of sp³-hybridized carbons (Fsp3) is 0.778. The molecule has 0 atom stereocenters. The van der Waals surface area contributed by atoms with Crippen molar-refractivity contribution in [1.29, 1.82) is 0 Å². The number of unbranched alkanes of at least 4 members (excludes halogenated alkanes) is 9. The van der Waals surface area contributed by atoms with E-state index in [0.29, 0.717) is 6.61 Å². The lowest BCUT2D eigenvalue weighted by Crippen LogP contribution is -2.04. The summed E-state index contributed by atoms with van der Waals surface area (Å²) in [6.45, 7) is 11.3. The number of esters is 1. The highest BCUT2D eigenvalue weighted by atomic mass is 32.2. The van der Waals surface area contributed by atoms with Crippen molar-refractivity contribution in [2.24, 2.45) is 0 Å². The van der Waals surface area contributed by atoms with E-state index in [2.05, 4.69) is 11.8 Å². The Labute approximate surface area is 140 Å². The van der Waals surface area contributed by atoms with Crippen molar-refractivity contribution >= 4 is 17.7 Å². The molecule has 0 spiro atoms. The Morgan fingerprint density at radius 1 is 1.00 bits per heavy atom. The molecule has 0 amide bonds. The lowest BCUT2D eigenvalue weighted by atomic mass is 10.1. The second kappa shape index (κ2) is 16.4. The van der Waals surface area contributed by atoms with Crippen molar-refractivity contribution in [2.45, 2.75) is 78.1 Å². The predicted molar refractivity (Wildman–Crippen MR) is 95.6 cm³/mol. The van der Waals surface area contributed by atoms with Crippen LogP contribution in [-0.4, -0.2) is 18.3 Å². The number of carbonyl (C=O) groups is 1. The summed E-state index contributed by atoms with van der Waals surface area (Å²) in [5, 5.41) is 1.64. The molecule has 0 aliphatic carbocycles. The first kappa shape index (κ1) is 21.0. The molecule has 0 N–H and O–H groups in total. The van der Waals surface area contributed by atoms with Crippen LogP contribution in [0.4, 0.5) is 0 Å². The zero-order chi connectivity index (χ0) is 16.5. The van der Waals surface area contributed by atoms with E-state index in [1.165, 1.54) is 57.8 Å². The van der Waals surface area contributed by atoms with E-state index in [1.54, 1.807) is 24.1 Å². The summed E-state index contributed by atoms with van der Waals surface area (Å²) in [5.74, 6) is 0.461. The number of hydrogen-bond acceptors (Lipinski definition) is 3. The van der Waals surface area contributed by atoms with Gasteiger partial charge >= 0.3 is 5.97 Å². The van der Waals surface area contributed by atoms with Gasteiger partial charge in [-0.05, 0) is 24.5 Å². The van der Waals surface area contributed by atoms with E-state index in [-0.39, 0.29) is 5.70 Å². The van der Waals surface area contributed by atoms with Crippen LogP contribution >= 0.6 is 11.8 Å². The second-order valence-corrected chi connectivity index (χ2v) is 6.37. The van der Waals surface area contributed by atoms with Gasteiger partial charge in [-0.1, -0.05) is 64.7 Å². The number of thioether (sulfide) groups is 1. The maximum absolute atomic E-state index is 11.4. The van der Waals surface area contributed by atoms with E-state index < -0.39 is 5.97 Å². The highest BCUT2D eigenvalue weighted by molar-refractivity contribution is 8.02. The summed E-state index contributed by atoms with van der Waals surface area (Å²) in [6.07, 6.45) is 13.2. The molecular formula is C18H31NO2S. The van der Waals surface area contributed by atoms with Crippen molar-refractivity contribution in [3.05, 3.63) is 22.5 Å². The summed E-state index contributed by atoms with van der Waals surface area (Å²) in [7, 11) is 0. The van der Waals surface area contributed by atoms with Gasteiger partial charge in [0.25, 0.3) is 5.70 Å². The molecule has 0 bridgehead atoms. The van der Waals surface area contributed by atoms with Gasteiger partial charge < -0.3 is 4.74 Å². The largest absolute Gasteiger partial charge is 0.471 e. The second-order valence-electron chi connectivity index (χ2n) is 5.39. The van der Waals surface area contributed by atoms with Crippen LogP contribution in [-0.2, 0) is 9.53 Å². The molecule has 4 heteroatoms. The summed E-state index contributed by atoms with van der Waals surface area (Å²) < 4.78 is 4.82. The zero-order valence-electron chi connectivity index (χ0n) is 14.2. The van der Waals surface area contributed by atoms with Crippen molar-refractivity contribution in [1.82, 2.24) is 0 Å². The van der Waals surface area contributed by atoms with Crippen LogP contribution in [0.3, 0.4) is 0 Å². The average molecular weight is 326 g/mol. The predicted octanol–water partition coefficient (Wildman–Crippen LogP) is 5.96. The molecule has 0 saturated heterocycles. The third-order valence-electron chi connectivity index (χ3n) is 3.42. The van der Waals surface area contributed by atoms with Gasteiger partial charge in [0.15, 0.2) is 0 Å². The Morgan fingerprint density at radius 3 is 2.05 bits per heavy atom. The van der Waals surface area contributed by atoms with Crippen LogP contribution < -0.4 is 0 Å². The molecule has 0 aliphatic heterocycles. The SMILES string of the molecule is [C-]#[N+]/C(=C/SCCCCCCCCCCCC)C(=O)OCC. The Hall–Kier alpha value is -0.950. The van der Waals surface area contributed by atoms with Gasteiger partial charge in [0.2, 0.25) is 0 Å². The maximum atomic E-state index is 11.4. The topological polar surface area (TPSA) is 30.7 Å². The molecule has 0 fully saturated rings. The Bertz CT molecular complexity index is 347. The highest BCUT2D eigenvalue weighted by Gasteiger charge is 2.09. The van der Waals surface area contributed by atoms with Crippen molar-refractivity contribution < 1.29 is 9.53 Å². The van der Waals surface area contributed by atoms with E-state index in [9.17, 15) is 4.79 Å². The number of nitrogens with zero attached hydrogens (tertiary/aromatic N) is 1. The number of ether oxygens (including phenoxy) is 1. The van der Waals surface area contributed by atoms with Gasteiger partial charge in [0, 0.05) is 0 Å². The molecule has 0 radical (unpaired) electrons. The fourth-order valence-corrected chi connectivity index (χ4v) is 2.93. The molecule has 0 heterocycles. The van der Waals surface area contributed by atoms with Gasteiger partial charge in [-0.25, -0.2) is 4.85 Å². The van der Waals surface area contributed by atoms with E-state index in [1.807, 2.05) is 0 Å². The number of rotatable bonds is 14. The normalized spacial score (nSPS) is 11.2. The zero-order valence-corrected chi connectivity index (χ0v) is 15.1. The maximum Gasteiger partial charge on any atom is 0.336 e. The fourth-order valence-electron chi connectivity index (χ4n) is 2.14. The van der Waals surface area contributed by atoms with Crippen LogP contribution in [0.25, 0.3) is 4.85 Å². The monoisotopic (exact) mass is 325 g/mol. The molecule has 0 aromatic carbocycles. The number of carbonyl (C=O) groups excluding carboxylic acids is 1. The van der Waals surface area contributed by atoms with Crippen LogP contribution in [0.2, 0.25) is 0 Å². The highest BCUT2D eigenvalue weighted by Crippen LogP contribution is 2.15.